The Labute approximate surface area is 154 Å². The van der Waals surface area contributed by atoms with E-state index >= 15 is 0 Å². The predicted octanol–water partition coefficient (Wildman–Crippen LogP) is 2.96. The Balaban J connectivity index is 1.52. The van der Waals surface area contributed by atoms with Crippen molar-refractivity contribution in [2.75, 3.05) is 33.7 Å². The molecular formula is C20H27N3OS. The van der Waals surface area contributed by atoms with E-state index in [0.29, 0.717) is 6.54 Å². The van der Waals surface area contributed by atoms with Crippen molar-refractivity contribution in [3.05, 3.63) is 57.3 Å². The van der Waals surface area contributed by atoms with Crippen molar-refractivity contribution in [1.82, 2.24) is 14.7 Å². The van der Waals surface area contributed by atoms with E-state index in [0.717, 1.165) is 32.7 Å². The van der Waals surface area contributed by atoms with E-state index in [-0.39, 0.29) is 5.91 Å². The molecule has 1 fully saturated rings. The standard InChI is InChI=1S/C20H27N3OS/c1-16-4-6-17(7-5-16)12-23-9-8-22(14-20(23)24)13-19-10-18(15-25-19)11-21(2)3/h4-7,10,15H,8-9,11-14H2,1-3H3. The average molecular weight is 358 g/mol. The number of aryl methyl sites for hydroxylation is 1. The van der Waals surface area contributed by atoms with Crippen LogP contribution in [0.15, 0.2) is 35.7 Å². The Kier molecular flexibility index (Phi) is 5.89. The van der Waals surface area contributed by atoms with Gasteiger partial charge in [-0.15, -0.1) is 11.3 Å². The zero-order valence-corrected chi connectivity index (χ0v) is 16.2. The number of thiophene rings is 1. The van der Waals surface area contributed by atoms with Crippen LogP contribution >= 0.6 is 11.3 Å². The highest BCUT2D eigenvalue weighted by Crippen LogP contribution is 2.19. The molecule has 0 radical (unpaired) electrons. The molecule has 0 atom stereocenters. The van der Waals surface area contributed by atoms with Crippen LogP contribution in [0.5, 0.6) is 0 Å². The number of amides is 1. The van der Waals surface area contributed by atoms with E-state index in [2.05, 4.69) is 66.5 Å². The molecule has 2 heterocycles. The van der Waals surface area contributed by atoms with Gasteiger partial charge in [0, 0.05) is 37.6 Å². The van der Waals surface area contributed by atoms with Gasteiger partial charge in [-0.2, -0.15) is 0 Å². The van der Waals surface area contributed by atoms with Crippen molar-refractivity contribution in [2.45, 2.75) is 26.6 Å². The number of carbonyl (C=O) groups excluding carboxylic acids is 1. The summed E-state index contributed by atoms with van der Waals surface area (Å²) in [5, 5.41) is 2.23. The molecule has 3 rings (SSSR count). The fourth-order valence-electron chi connectivity index (χ4n) is 3.15. The maximum atomic E-state index is 12.5. The molecule has 1 aromatic carbocycles. The lowest BCUT2D eigenvalue weighted by atomic mass is 10.1. The summed E-state index contributed by atoms with van der Waals surface area (Å²) < 4.78 is 0. The third-order valence-corrected chi connectivity index (χ3v) is 5.45. The quantitative estimate of drug-likeness (QED) is 0.795. The minimum Gasteiger partial charge on any atom is -0.336 e. The van der Waals surface area contributed by atoms with Crippen molar-refractivity contribution in [3.8, 4) is 0 Å². The summed E-state index contributed by atoms with van der Waals surface area (Å²) in [6, 6.07) is 10.7. The molecule has 0 saturated carbocycles. The second-order valence-electron chi connectivity index (χ2n) is 7.17. The van der Waals surface area contributed by atoms with Crippen LogP contribution in [-0.4, -0.2) is 54.3 Å². The lowest BCUT2D eigenvalue weighted by molar-refractivity contribution is -0.136. The summed E-state index contributed by atoms with van der Waals surface area (Å²) in [7, 11) is 4.17. The number of rotatable bonds is 6. The first kappa shape index (κ1) is 18.1. The fraction of sp³-hybridized carbons (Fsp3) is 0.450. The van der Waals surface area contributed by atoms with E-state index in [1.807, 2.05) is 4.90 Å². The SMILES string of the molecule is Cc1ccc(CN2CCN(Cc3cc(CN(C)C)cs3)CC2=O)cc1. The summed E-state index contributed by atoms with van der Waals surface area (Å²) in [5.41, 5.74) is 3.82. The van der Waals surface area contributed by atoms with E-state index < -0.39 is 0 Å². The van der Waals surface area contributed by atoms with E-state index in [1.54, 1.807) is 11.3 Å². The number of piperazine rings is 1. The molecule has 134 valence electrons. The fourth-order valence-corrected chi connectivity index (χ4v) is 4.07. The summed E-state index contributed by atoms with van der Waals surface area (Å²) in [4.78, 5) is 20.3. The van der Waals surface area contributed by atoms with Crippen LogP contribution in [-0.2, 0) is 24.4 Å². The number of hydrogen-bond donors (Lipinski definition) is 0. The molecule has 0 aliphatic carbocycles. The molecule has 0 spiro atoms. The lowest BCUT2D eigenvalue weighted by Crippen LogP contribution is -2.49. The van der Waals surface area contributed by atoms with Gasteiger partial charge in [-0.3, -0.25) is 9.69 Å². The zero-order chi connectivity index (χ0) is 17.8. The Bertz CT molecular complexity index is 708. The highest BCUT2D eigenvalue weighted by Gasteiger charge is 2.24. The summed E-state index contributed by atoms with van der Waals surface area (Å²) in [6.07, 6.45) is 0. The second-order valence-corrected chi connectivity index (χ2v) is 8.17. The van der Waals surface area contributed by atoms with Crippen LogP contribution in [0.25, 0.3) is 0 Å². The van der Waals surface area contributed by atoms with E-state index in [4.69, 9.17) is 0 Å². The van der Waals surface area contributed by atoms with Gasteiger partial charge in [-0.1, -0.05) is 29.8 Å². The molecule has 5 heteroatoms. The third kappa shape index (κ3) is 5.14. The monoisotopic (exact) mass is 357 g/mol. The third-order valence-electron chi connectivity index (χ3n) is 4.48. The number of hydrogen-bond acceptors (Lipinski definition) is 4. The molecule has 1 amide bonds. The maximum absolute atomic E-state index is 12.5. The smallest absolute Gasteiger partial charge is 0.237 e. The molecule has 1 aliphatic heterocycles. The molecule has 0 N–H and O–H groups in total. The van der Waals surface area contributed by atoms with Crippen molar-refractivity contribution < 1.29 is 4.79 Å². The first-order valence-electron chi connectivity index (χ1n) is 8.76. The molecular weight excluding hydrogens is 330 g/mol. The minimum absolute atomic E-state index is 0.233. The molecule has 4 nitrogen and oxygen atoms in total. The molecule has 1 aromatic heterocycles. The lowest BCUT2D eigenvalue weighted by Gasteiger charge is -2.34. The van der Waals surface area contributed by atoms with Gasteiger partial charge >= 0.3 is 0 Å². The van der Waals surface area contributed by atoms with Crippen molar-refractivity contribution in [1.29, 1.82) is 0 Å². The van der Waals surface area contributed by atoms with E-state index in [9.17, 15) is 4.79 Å². The molecule has 1 aliphatic rings. The molecule has 1 saturated heterocycles. The average Bonchev–Trinajstić information content (AvgIpc) is 2.98. The van der Waals surface area contributed by atoms with Gasteiger partial charge < -0.3 is 9.80 Å². The minimum atomic E-state index is 0.233. The van der Waals surface area contributed by atoms with Crippen LogP contribution in [0, 0.1) is 6.92 Å². The van der Waals surface area contributed by atoms with Gasteiger partial charge in [0.1, 0.15) is 0 Å². The summed E-state index contributed by atoms with van der Waals surface area (Å²) in [6.45, 7) is 6.93. The van der Waals surface area contributed by atoms with Gasteiger partial charge in [0.15, 0.2) is 0 Å². The predicted molar refractivity (Wildman–Crippen MR) is 104 cm³/mol. The molecule has 0 unspecified atom stereocenters. The Morgan fingerprint density at radius 2 is 1.84 bits per heavy atom. The van der Waals surface area contributed by atoms with Crippen LogP contribution in [0.3, 0.4) is 0 Å². The van der Waals surface area contributed by atoms with Crippen LogP contribution < -0.4 is 0 Å². The number of carbonyl (C=O) groups is 1. The molecule has 0 bridgehead atoms. The van der Waals surface area contributed by atoms with Crippen LogP contribution in [0.4, 0.5) is 0 Å². The van der Waals surface area contributed by atoms with Gasteiger partial charge in [-0.25, -0.2) is 0 Å². The first-order valence-corrected chi connectivity index (χ1v) is 9.64. The normalized spacial score (nSPS) is 16.0. The second kappa shape index (κ2) is 8.13. The Hall–Kier alpha value is -1.69. The molecule has 25 heavy (non-hydrogen) atoms. The first-order chi connectivity index (χ1) is 12.0. The van der Waals surface area contributed by atoms with Crippen molar-refractivity contribution >= 4 is 17.2 Å². The van der Waals surface area contributed by atoms with Gasteiger partial charge in [0.2, 0.25) is 5.91 Å². The Morgan fingerprint density at radius 3 is 2.52 bits per heavy atom. The summed E-state index contributed by atoms with van der Waals surface area (Å²) in [5.74, 6) is 0.233. The van der Waals surface area contributed by atoms with Gasteiger partial charge in [0.25, 0.3) is 0 Å². The maximum Gasteiger partial charge on any atom is 0.237 e. The van der Waals surface area contributed by atoms with E-state index in [1.165, 1.54) is 21.6 Å². The highest BCUT2D eigenvalue weighted by atomic mass is 32.1. The molecule has 2 aromatic rings. The zero-order valence-electron chi connectivity index (χ0n) is 15.4. The van der Waals surface area contributed by atoms with Gasteiger partial charge in [0.05, 0.1) is 6.54 Å². The number of nitrogens with zero attached hydrogens (tertiary/aromatic N) is 3. The topological polar surface area (TPSA) is 26.8 Å². The number of benzene rings is 1. The van der Waals surface area contributed by atoms with Crippen LogP contribution in [0.1, 0.15) is 21.6 Å². The largest absolute Gasteiger partial charge is 0.336 e. The van der Waals surface area contributed by atoms with Crippen LogP contribution in [0.2, 0.25) is 0 Å². The highest BCUT2D eigenvalue weighted by molar-refractivity contribution is 7.10. The van der Waals surface area contributed by atoms with Crippen molar-refractivity contribution in [2.24, 2.45) is 0 Å². The van der Waals surface area contributed by atoms with Gasteiger partial charge in [-0.05, 0) is 43.6 Å². The summed E-state index contributed by atoms with van der Waals surface area (Å²) >= 11 is 1.80. The Morgan fingerprint density at radius 1 is 1.08 bits per heavy atom. The van der Waals surface area contributed by atoms with Crippen molar-refractivity contribution in [3.63, 3.8) is 0 Å².